The van der Waals surface area contributed by atoms with Crippen LogP contribution in [0.3, 0.4) is 0 Å². The number of carbonyl (C=O) groups is 2. The maximum atomic E-state index is 10.6. The molecule has 0 radical (unpaired) electrons. The summed E-state index contributed by atoms with van der Waals surface area (Å²) in [6, 6.07) is 0. The molecule has 1 rings (SSSR count). The molecule has 0 bridgehead atoms. The molecule has 74 valence electrons. The van der Waals surface area contributed by atoms with Crippen molar-refractivity contribution in [1.82, 2.24) is 0 Å². The van der Waals surface area contributed by atoms with Gasteiger partial charge in [0.05, 0.1) is 0 Å². The Morgan fingerprint density at radius 2 is 1.69 bits per heavy atom. The Kier molecular flexibility index (Phi) is 3.28. The SMILES string of the molecule is CC(=O)OC(CC1CC1)OC(C)=O. The molecule has 0 aromatic rings. The number of ether oxygens (including phenoxy) is 2. The van der Waals surface area contributed by atoms with E-state index in [0.717, 1.165) is 12.8 Å². The van der Waals surface area contributed by atoms with Gasteiger partial charge in [0.1, 0.15) is 0 Å². The predicted molar refractivity (Wildman–Crippen MR) is 44.7 cm³/mol. The Labute approximate surface area is 77.2 Å². The highest BCUT2D eigenvalue weighted by atomic mass is 16.7. The summed E-state index contributed by atoms with van der Waals surface area (Å²) in [4.78, 5) is 21.2. The monoisotopic (exact) mass is 186 g/mol. The van der Waals surface area contributed by atoms with Crippen LogP contribution in [0.1, 0.15) is 33.1 Å². The molecule has 0 saturated heterocycles. The molecule has 4 nitrogen and oxygen atoms in total. The van der Waals surface area contributed by atoms with Crippen LogP contribution < -0.4 is 0 Å². The molecule has 0 aliphatic heterocycles. The van der Waals surface area contributed by atoms with Crippen molar-refractivity contribution in [2.75, 3.05) is 0 Å². The summed E-state index contributed by atoms with van der Waals surface area (Å²) in [5, 5.41) is 0. The first-order valence-corrected chi connectivity index (χ1v) is 4.42. The average Bonchev–Trinajstić information content (AvgIpc) is 2.67. The third-order valence-electron chi connectivity index (χ3n) is 1.82. The van der Waals surface area contributed by atoms with Crippen LogP contribution in [-0.4, -0.2) is 18.2 Å². The van der Waals surface area contributed by atoms with Gasteiger partial charge in [0.25, 0.3) is 0 Å². The van der Waals surface area contributed by atoms with Crippen molar-refractivity contribution in [3.05, 3.63) is 0 Å². The van der Waals surface area contributed by atoms with E-state index in [1.54, 1.807) is 0 Å². The number of hydrogen-bond donors (Lipinski definition) is 0. The van der Waals surface area contributed by atoms with Crippen LogP contribution in [0.15, 0.2) is 0 Å². The lowest BCUT2D eigenvalue weighted by atomic mass is 10.3. The van der Waals surface area contributed by atoms with Gasteiger partial charge in [-0.25, -0.2) is 0 Å². The molecule has 1 saturated carbocycles. The number of carbonyl (C=O) groups excluding carboxylic acids is 2. The number of esters is 2. The fourth-order valence-electron chi connectivity index (χ4n) is 1.12. The van der Waals surface area contributed by atoms with Gasteiger partial charge < -0.3 is 9.47 Å². The van der Waals surface area contributed by atoms with Gasteiger partial charge in [0.2, 0.25) is 6.29 Å². The summed E-state index contributed by atoms with van der Waals surface area (Å²) >= 11 is 0. The van der Waals surface area contributed by atoms with Crippen LogP contribution in [-0.2, 0) is 19.1 Å². The number of hydrogen-bond acceptors (Lipinski definition) is 4. The molecule has 0 unspecified atom stereocenters. The van der Waals surface area contributed by atoms with E-state index < -0.39 is 18.2 Å². The minimum atomic E-state index is -0.678. The summed E-state index contributed by atoms with van der Waals surface area (Å²) in [6.45, 7) is 2.62. The van der Waals surface area contributed by atoms with Crippen molar-refractivity contribution in [1.29, 1.82) is 0 Å². The second kappa shape index (κ2) is 4.25. The van der Waals surface area contributed by atoms with Crippen LogP contribution in [0.4, 0.5) is 0 Å². The van der Waals surface area contributed by atoms with Gasteiger partial charge in [-0.15, -0.1) is 0 Å². The van der Waals surface area contributed by atoms with E-state index in [4.69, 9.17) is 9.47 Å². The van der Waals surface area contributed by atoms with E-state index in [2.05, 4.69) is 0 Å². The lowest BCUT2D eigenvalue weighted by molar-refractivity contribution is -0.186. The zero-order chi connectivity index (χ0) is 9.84. The van der Waals surface area contributed by atoms with Crippen LogP contribution >= 0.6 is 0 Å². The van der Waals surface area contributed by atoms with E-state index in [1.807, 2.05) is 0 Å². The Morgan fingerprint density at radius 3 is 2.00 bits per heavy atom. The lowest BCUT2D eigenvalue weighted by Crippen LogP contribution is -2.22. The molecular formula is C9H14O4. The van der Waals surface area contributed by atoms with Crippen molar-refractivity contribution in [2.45, 2.75) is 39.4 Å². The highest BCUT2D eigenvalue weighted by Gasteiger charge is 2.28. The number of rotatable bonds is 4. The fourth-order valence-corrected chi connectivity index (χ4v) is 1.12. The molecule has 1 aliphatic carbocycles. The van der Waals surface area contributed by atoms with Gasteiger partial charge in [-0.2, -0.15) is 0 Å². The molecule has 0 aromatic carbocycles. The lowest BCUT2D eigenvalue weighted by Gasteiger charge is -2.15. The minimum Gasteiger partial charge on any atom is -0.425 e. The zero-order valence-electron chi connectivity index (χ0n) is 7.91. The largest absolute Gasteiger partial charge is 0.425 e. The summed E-state index contributed by atoms with van der Waals surface area (Å²) in [5.41, 5.74) is 0. The third-order valence-corrected chi connectivity index (χ3v) is 1.82. The fraction of sp³-hybridized carbons (Fsp3) is 0.778. The predicted octanol–water partition coefficient (Wildman–Crippen LogP) is 1.24. The molecule has 0 amide bonds. The van der Waals surface area contributed by atoms with E-state index in [0.29, 0.717) is 12.3 Å². The van der Waals surface area contributed by atoms with Crippen molar-refractivity contribution in [3.63, 3.8) is 0 Å². The molecule has 0 heterocycles. The van der Waals surface area contributed by atoms with Crippen molar-refractivity contribution >= 4 is 11.9 Å². The Bertz CT molecular complexity index is 192. The summed E-state index contributed by atoms with van der Waals surface area (Å²) in [7, 11) is 0. The molecular weight excluding hydrogens is 172 g/mol. The molecule has 0 N–H and O–H groups in total. The Balaban J connectivity index is 2.32. The molecule has 0 aromatic heterocycles. The quantitative estimate of drug-likeness (QED) is 0.489. The van der Waals surface area contributed by atoms with Gasteiger partial charge in [-0.1, -0.05) is 0 Å². The van der Waals surface area contributed by atoms with Gasteiger partial charge in [-0.05, 0) is 18.8 Å². The third kappa shape index (κ3) is 4.50. The van der Waals surface area contributed by atoms with E-state index in [9.17, 15) is 9.59 Å². The molecule has 13 heavy (non-hydrogen) atoms. The van der Waals surface area contributed by atoms with Gasteiger partial charge in [-0.3, -0.25) is 9.59 Å². The van der Waals surface area contributed by atoms with Crippen LogP contribution in [0.5, 0.6) is 0 Å². The molecule has 0 spiro atoms. The van der Waals surface area contributed by atoms with Crippen LogP contribution in [0.25, 0.3) is 0 Å². The maximum absolute atomic E-state index is 10.6. The van der Waals surface area contributed by atoms with Crippen molar-refractivity contribution in [3.8, 4) is 0 Å². The molecule has 4 heteroatoms. The van der Waals surface area contributed by atoms with E-state index >= 15 is 0 Å². The molecule has 0 atom stereocenters. The van der Waals surface area contributed by atoms with Crippen LogP contribution in [0, 0.1) is 5.92 Å². The summed E-state index contributed by atoms with van der Waals surface area (Å²) in [5.74, 6) is -0.262. The minimum absolute atomic E-state index is 0.410. The van der Waals surface area contributed by atoms with Crippen molar-refractivity contribution in [2.24, 2.45) is 5.92 Å². The van der Waals surface area contributed by atoms with E-state index in [-0.39, 0.29) is 0 Å². The average molecular weight is 186 g/mol. The topological polar surface area (TPSA) is 52.6 Å². The van der Waals surface area contributed by atoms with Gasteiger partial charge in [0, 0.05) is 20.3 Å². The second-order valence-electron chi connectivity index (χ2n) is 3.33. The van der Waals surface area contributed by atoms with Gasteiger partial charge in [0.15, 0.2) is 0 Å². The van der Waals surface area contributed by atoms with Crippen LogP contribution in [0.2, 0.25) is 0 Å². The highest BCUT2D eigenvalue weighted by Crippen LogP contribution is 2.34. The highest BCUT2D eigenvalue weighted by molar-refractivity contribution is 5.68. The first-order valence-electron chi connectivity index (χ1n) is 4.42. The maximum Gasteiger partial charge on any atom is 0.305 e. The first kappa shape index (κ1) is 10.0. The first-order chi connectivity index (χ1) is 6.08. The summed E-state index contributed by atoms with van der Waals surface area (Å²) in [6.07, 6.45) is 2.24. The normalized spacial score (nSPS) is 15.6. The molecule has 1 fully saturated rings. The molecule has 1 aliphatic rings. The Morgan fingerprint density at radius 1 is 1.23 bits per heavy atom. The summed E-state index contributed by atoms with van der Waals surface area (Å²) < 4.78 is 9.66. The van der Waals surface area contributed by atoms with Crippen molar-refractivity contribution < 1.29 is 19.1 Å². The Hall–Kier alpha value is -1.06. The smallest absolute Gasteiger partial charge is 0.305 e. The van der Waals surface area contributed by atoms with E-state index in [1.165, 1.54) is 13.8 Å². The second-order valence-corrected chi connectivity index (χ2v) is 3.33. The standard InChI is InChI=1S/C9H14O4/c1-6(10)12-9(13-7(2)11)5-8-3-4-8/h8-9H,3-5H2,1-2H3. The zero-order valence-corrected chi connectivity index (χ0v) is 7.91. The van der Waals surface area contributed by atoms with Gasteiger partial charge >= 0.3 is 11.9 Å².